The molecule has 0 saturated heterocycles. The fraction of sp³-hybridized carbons (Fsp3) is 0.444. The van der Waals surface area contributed by atoms with Crippen LogP contribution in [0.3, 0.4) is 0 Å². The third-order valence-corrected chi connectivity index (χ3v) is 2.10. The van der Waals surface area contributed by atoms with Gasteiger partial charge in [-0.1, -0.05) is 0 Å². The standard InChI is InChI=1S/C9H13N5/c10-8-7(11-5-6-12-8)9-13-3-1-2-4-14-9/h5-6H,1-4H2,(H2,10,12)(H,13,14). The van der Waals surface area contributed by atoms with Crippen LogP contribution in [0.15, 0.2) is 17.4 Å². The number of amidine groups is 1. The minimum Gasteiger partial charge on any atom is -0.382 e. The zero-order valence-corrected chi connectivity index (χ0v) is 7.90. The van der Waals surface area contributed by atoms with Gasteiger partial charge in [0, 0.05) is 25.5 Å². The first-order valence-electron chi connectivity index (χ1n) is 4.73. The predicted octanol–water partition coefficient (Wildman–Crippen LogP) is 0.189. The van der Waals surface area contributed by atoms with Crippen LogP contribution in [0.5, 0.6) is 0 Å². The average Bonchev–Trinajstić information content (AvgIpc) is 2.47. The Morgan fingerprint density at radius 2 is 2.07 bits per heavy atom. The summed E-state index contributed by atoms with van der Waals surface area (Å²) in [6.07, 6.45) is 5.45. The number of aromatic nitrogens is 2. The van der Waals surface area contributed by atoms with Crippen LogP contribution >= 0.6 is 0 Å². The van der Waals surface area contributed by atoms with Gasteiger partial charge in [-0.2, -0.15) is 0 Å². The van der Waals surface area contributed by atoms with Crippen LogP contribution < -0.4 is 11.1 Å². The van der Waals surface area contributed by atoms with E-state index in [1.165, 1.54) is 0 Å². The van der Waals surface area contributed by atoms with E-state index in [-0.39, 0.29) is 0 Å². The van der Waals surface area contributed by atoms with Crippen LogP contribution in [0, 0.1) is 0 Å². The SMILES string of the molecule is Nc1nccnc1C1=NCCCCN1. The van der Waals surface area contributed by atoms with Crippen LogP contribution in [0.25, 0.3) is 0 Å². The number of nitrogens with zero attached hydrogens (tertiary/aromatic N) is 3. The molecule has 0 radical (unpaired) electrons. The van der Waals surface area contributed by atoms with Crippen molar-refractivity contribution in [1.29, 1.82) is 0 Å². The van der Waals surface area contributed by atoms with Crippen LogP contribution in [-0.2, 0) is 0 Å². The fourth-order valence-electron chi connectivity index (χ4n) is 1.38. The molecule has 3 N–H and O–H groups in total. The largest absolute Gasteiger partial charge is 0.382 e. The maximum atomic E-state index is 5.71. The van der Waals surface area contributed by atoms with Crippen molar-refractivity contribution in [2.24, 2.45) is 4.99 Å². The smallest absolute Gasteiger partial charge is 0.153 e. The highest BCUT2D eigenvalue weighted by molar-refractivity contribution is 6.00. The number of anilines is 1. The first-order chi connectivity index (χ1) is 6.88. The summed E-state index contributed by atoms with van der Waals surface area (Å²) in [5.41, 5.74) is 6.37. The second-order valence-corrected chi connectivity index (χ2v) is 3.15. The van der Waals surface area contributed by atoms with E-state index in [2.05, 4.69) is 20.3 Å². The Balaban J connectivity index is 2.29. The van der Waals surface area contributed by atoms with Crippen molar-refractivity contribution in [3.63, 3.8) is 0 Å². The predicted molar refractivity (Wildman–Crippen MR) is 55.1 cm³/mol. The Morgan fingerprint density at radius 3 is 2.93 bits per heavy atom. The molecule has 0 spiro atoms. The van der Waals surface area contributed by atoms with Crippen molar-refractivity contribution in [2.75, 3.05) is 18.8 Å². The first-order valence-corrected chi connectivity index (χ1v) is 4.73. The van der Waals surface area contributed by atoms with Crippen molar-refractivity contribution in [3.05, 3.63) is 18.1 Å². The minimum absolute atomic E-state index is 0.431. The summed E-state index contributed by atoms with van der Waals surface area (Å²) >= 11 is 0. The second-order valence-electron chi connectivity index (χ2n) is 3.15. The molecule has 5 heteroatoms. The molecular weight excluding hydrogens is 178 g/mol. The van der Waals surface area contributed by atoms with E-state index in [0.29, 0.717) is 11.5 Å². The normalized spacial score (nSPS) is 16.7. The van der Waals surface area contributed by atoms with Gasteiger partial charge in [0.2, 0.25) is 0 Å². The minimum atomic E-state index is 0.431. The summed E-state index contributed by atoms with van der Waals surface area (Å²) in [6, 6.07) is 0. The van der Waals surface area contributed by atoms with Gasteiger partial charge < -0.3 is 11.1 Å². The molecule has 0 atom stereocenters. The fourth-order valence-corrected chi connectivity index (χ4v) is 1.38. The summed E-state index contributed by atoms with van der Waals surface area (Å²) in [5.74, 6) is 1.20. The van der Waals surface area contributed by atoms with Gasteiger partial charge in [0.15, 0.2) is 11.7 Å². The Morgan fingerprint density at radius 1 is 1.21 bits per heavy atom. The van der Waals surface area contributed by atoms with Crippen LogP contribution in [0.2, 0.25) is 0 Å². The van der Waals surface area contributed by atoms with Crippen molar-refractivity contribution in [1.82, 2.24) is 15.3 Å². The van der Waals surface area contributed by atoms with E-state index in [9.17, 15) is 0 Å². The molecular formula is C9H13N5. The number of nitrogen functional groups attached to an aromatic ring is 1. The maximum Gasteiger partial charge on any atom is 0.153 e. The average molecular weight is 191 g/mol. The molecule has 1 aliphatic heterocycles. The van der Waals surface area contributed by atoms with Gasteiger partial charge in [0.05, 0.1) is 0 Å². The third-order valence-electron chi connectivity index (χ3n) is 2.10. The number of nitrogens with two attached hydrogens (primary N) is 1. The highest BCUT2D eigenvalue weighted by Crippen LogP contribution is 2.06. The van der Waals surface area contributed by atoms with Crippen molar-refractivity contribution in [3.8, 4) is 0 Å². The van der Waals surface area contributed by atoms with Gasteiger partial charge in [-0.05, 0) is 12.8 Å². The quantitative estimate of drug-likeness (QED) is 0.664. The first kappa shape index (κ1) is 8.93. The van der Waals surface area contributed by atoms with Gasteiger partial charge >= 0.3 is 0 Å². The second kappa shape index (κ2) is 4.04. The number of hydrogen-bond acceptors (Lipinski definition) is 5. The highest BCUT2D eigenvalue weighted by Gasteiger charge is 2.10. The lowest BCUT2D eigenvalue weighted by atomic mass is 10.3. The molecule has 0 amide bonds. The Kier molecular flexibility index (Phi) is 2.58. The van der Waals surface area contributed by atoms with E-state index in [1.54, 1.807) is 12.4 Å². The lowest BCUT2D eigenvalue weighted by Gasteiger charge is -2.06. The molecule has 1 aromatic heterocycles. The summed E-state index contributed by atoms with van der Waals surface area (Å²) in [5, 5.41) is 3.21. The topological polar surface area (TPSA) is 76.2 Å². The molecule has 1 aromatic rings. The molecule has 2 heterocycles. The molecule has 0 unspecified atom stereocenters. The molecule has 14 heavy (non-hydrogen) atoms. The zero-order valence-electron chi connectivity index (χ0n) is 7.90. The summed E-state index contributed by atoms with van der Waals surface area (Å²) in [7, 11) is 0. The van der Waals surface area contributed by atoms with E-state index >= 15 is 0 Å². The molecule has 74 valence electrons. The lowest BCUT2D eigenvalue weighted by molar-refractivity contribution is 0.749. The Hall–Kier alpha value is -1.65. The maximum absolute atomic E-state index is 5.71. The van der Waals surface area contributed by atoms with Gasteiger partial charge in [0.1, 0.15) is 5.69 Å². The molecule has 5 nitrogen and oxygen atoms in total. The van der Waals surface area contributed by atoms with Crippen molar-refractivity contribution < 1.29 is 0 Å². The molecule has 1 aliphatic rings. The Bertz CT molecular complexity index is 347. The summed E-state index contributed by atoms with van der Waals surface area (Å²) in [4.78, 5) is 12.5. The lowest BCUT2D eigenvalue weighted by Crippen LogP contribution is -2.26. The summed E-state index contributed by atoms with van der Waals surface area (Å²) < 4.78 is 0. The van der Waals surface area contributed by atoms with Crippen LogP contribution in [0.1, 0.15) is 18.5 Å². The Labute approximate surface area is 82.5 Å². The zero-order chi connectivity index (χ0) is 9.80. The molecule has 0 saturated carbocycles. The van der Waals surface area contributed by atoms with E-state index in [0.717, 1.165) is 31.8 Å². The number of nitrogens with one attached hydrogen (secondary N) is 1. The highest BCUT2D eigenvalue weighted by atomic mass is 15.0. The monoisotopic (exact) mass is 191 g/mol. The van der Waals surface area contributed by atoms with Crippen molar-refractivity contribution >= 4 is 11.7 Å². The van der Waals surface area contributed by atoms with Gasteiger partial charge in [-0.15, -0.1) is 0 Å². The van der Waals surface area contributed by atoms with E-state index in [1.807, 2.05) is 0 Å². The van der Waals surface area contributed by atoms with Gasteiger partial charge in [-0.25, -0.2) is 9.97 Å². The molecule has 0 bridgehead atoms. The number of hydrogen-bond donors (Lipinski definition) is 2. The van der Waals surface area contributed by atoms with Crippen LogP contribution in [0.4, 0.5) is 5.82 Å². The molecule has 0 aliphatic carbocycles. The molecule has 0 fully saturated rings. The van der Waals surface area contributed by atoms with Crippen molar-refractivity contribution in [2.45, 2.75) is 12.8 Å². The van der Waals surface area contributed by atoms with Crippen LogP contribution in [-0.4, -0.2) is 28.9 Å². The summed E-state index contributed by atoms with van der Waals surface area (Å²) in [6.45, 7) is 1.76. The number of aliphatic imine (C=N–C) groups is 1. The third kappa shape index (κ3) is 1.81. The van der Waals surface area contributed by atoms with Gasteiger partial charge in [0.25, 0.3) is 0 Å². The van der Waals surface area contributed by atoms with E-state index in [4.69, 9.17) is 5.73 Å². The molecule has 2 rings (SSSR count). The number of rotatable bonds is 1. The molecule has 0 aromatic carbocycles. The van der Waals surface area contributed by atoms with Gasteiger partial charge in [-0.3, -0.25) is 4.99 Å². The van der Waals surface area contributed by atoms with E-state index < -0.39 is 0 Å².